The van der Waals surface area contributed by atoms with Gasteiger partial charge >= 0.3 is 6.09 Å². The van der Waals surface area contributed by atoms with Crippen molar-refractivity contribution < 1.29 is 19.1 Å². The molecule has 0 aliphatic heterocycles. The molecule has 0 radical (unpaired) electrons. The molecule has 33 heavy (non-hydrogen) atoms. The van der Waals surface area contributed by atoms with E-state index in [1.54, 1.807) is 12.0 Å². The number of ether oxygens (including phenoxy) is 2. The Balaban J connectivity index is 1.57. The Bertz CT molecular complexity index is 942. The molecular formula is C27H36N2O4. The van der Waals surface area contributed by atoms with Crippen molar-refractivity contribution >= 4 is 12.4 Å². The molecular weight excluding hydrogens is 416 g/mol. The molecule has 1 aliphatic carbocycles. The molecule has 0 saturated heterocycles. The number of carbonyl (C=O) groups is 2. The number of carbonyl (C=O) groups excluding carboxylic acids is 2. The maximum absolute atomic E-state index is 12.4. The van der Waals surface area contributed by atoms with Crippen LogP contribution in [-0.4, -0.2) is 49.1 Å². The second-order valence-electron chi connectivity index (χ2n) is 9.74. The van der Waals surface area contributed by atoms with Gasteiger partial charge in [0.15, 0.2) is 0 Å². The zero-order chi connectivity index (χ0) is 24.0. The number of amides is 1. The van der Waals surface area contributed by atoms with Crippen molar-refractivity contribution in [1.29, 1.82) is 0 Å². The molecule has 1 saturated carbocycles. The lowest BCUT2D eigenvalue weighted by molar-refractivity contribution is 0.0179. The first kappa shape index (κ1) is 24.8. The lowest BCUT2D eigenvalue weighted by atomic mass is 9.90. The summed E-state index contributed by atoms with van der Waals surface area (Å²) in [6.45, 7) is 6.38. The highest BCUT2D eigenvalue weighted by atomic mass is 16.6. The quantitative estimate of drug-likeness (QED) is 0.567. The van der Waals surface area contributed by atoms with Crippen molar-refractivity contribution in [2.75, 3.05) is 14.2 Å². The van der Waals surface area contributed by atoms with Crippen LogP contribution in [0.15, 0.2) is 42.5 Å². The van der Waals surface area contributed by atoms with Crippen molar-refractivity contribution in [3.63, 3.8) is 0 Å². The monoisotopic (exact) mass is 452 g/mol. The molecule has 0 spiro atoms. The van der Waals surface area contributed by atoms with E-state index in [-0.39, 0.29) is 12.1 Å². The molecule has 0 heterocycles. The summed E-state index contributed by atoms with van der Waals surface area (Å²) in [5.74, 6) is 0.856. The number of hydrogen-bond donors (Lipinski definition) is 1. The van der Waals surface area contributed by atoms with E-state index in [0.29, 0.717) is 18.2 Å². The number of aldehydes is 1. The summed E-state index contributed by atoms with van der Waals surface area (Å²) in [6, 6.07) is 14.4. The molecule has 6 heteroatoms. The third-order valence-corrected chi connectivity index (χ3v) is 6.17. The van der Waals surface area contributed by atoms with Crippen LogP contribution >= 0.6 is 0 Å². The van der Waals surface area contributed by atoms with E-state index in [1.165, 1.54) is 0 Å². The van der Waals surface area contributed by atoms with E-state index in [4.69, 9.17) is 9.47 Å². The Kier molecular flexibility index (Phi) is 8.14. The minimum absolute atomic E-state index is 0.213. The first-order valence-corrected chi connectivity index (χ1v) is 11.6. The first-order chi connectivity index (χ1) is 15.7. The lowest BCUT2D eigenvalue weighted by Crippen LogP contribution is -2.44. The topological polar surface area (TPSA) is 67.9 Å². The Morgan fingerprint density at radius 3 is 2.27 bits per heavy atom. The summed E-state index contributed by atoms with van der Waals surface area (Å²) in [5.41, 5.74) is 3.45. The fourth-order valence-electron chi connectivity index (χ4n) is 4.25. The highest BCUT2D eigenvalue weighted by Crippen LogP contribution is 2.28. The van der Waals surface area contributed by atoms with E-state index in [9.17, 15) is 9.59 Å². The third kappa shape index (κ3) is 6.81. The summed E-state index contributed by atoms with van der Waals surface area (Å²) in [7, 11) is 3.53. The van der Waals surface area contributed by atoms with Crippen molar-refractivity contribution in [2.24, 2.45) is 0 Å². The first-order valence-electron chi connectivity index (χ1n) is 11.6. The van der Waals surface area contributed by atoms with Crippen molar-refractivity contribution in [2.45, 2.75) is 70.7 Å². The maximum Gasteiger partial charge on any atom is 0.410 e. The number of nitrogens with zero attached hydrogens (tertiary/aromatic N) is 1. The molecule has 1 fully saturated rings. The highest BCUT2D eigenvalue weighted by Gasteiger charge is 2.29. The third-order valence-electron chi connectivity index (χ3n) is 6.17. The number of hydrogen-bond acceptors (Lipinski definition) is 5. The van der Waals surface area contributed by atoms with Crippen LogP contribution in [-0.2, 0) is 11.3 Å². The molecule has 0 aromatic heterocycles. The van der Waals surface area contributed by atoms with Crippen molar-refractivity contribution in [3.8, 4) is 16.9 Å². The van der Waals surface area contributed by atoms with E-state index in [0.717, 1.165) is 54.4 Å². The van der Waals surface area contributed by atoms with Gasteiger partial charge in [-0.3, -0.25) is 4.79 Å². The van der Waals surface area contributed by atoms with Gasteiger partial charge in [0.25, 0.3) is 0 Å². The van der Waals surface area contributed by atoms with Gasteiger partial charge in [-0.15, -0.1) is 0 Å². The molecule has 1 N–H and O–H groups in total. The van der Waals surface area contributed by atoms with Gasteiger partial charge in [0, 0.05) is 36.8 Å². The fraction of sp³-hybridized carbons (Fsp3) is 0.481. The van der Waals surface area contributed by atoms with Crippen LogP contribution in [0.3, 0.4) is 0 Å². The van der Waals surface area contributed by atoms with E-state index < -0.39 is 5.60 Å². The Hall–Kier alpha value is -2.86. The zero-order valence-electron chi connectivity index (χ0n) is 20.4. The van der Waals surface area contributed by atoms with Crippen LogP contribution in [0.1, 0.15) is 62.4 Å². The molecule has 6 nitrogen and oxygen atoms in total. The highest BCUT2D eigenvalue weighted by molar-refractivity contribution is 5.77. The van der Waals surface area contributed by atoms with Gasteiger partial charge in [-0.25, -0.2) is 4.79 Å². The maximum atomic E-state index is 12.4. The molecule has 1 amide bonds. The number of benzene rings is 2. The van der Waals surface area contributed by atoms with Gasteiger partial charge < -0.3 is 19.7 Å². The number of rotatable bonds is 7. The normalized spacial score (nSPS) is 18.5. The number of nitrogens with one attached hydrogen (secondary N) is 1. The molecule has 0 unspecified atom stereocenters. The standard InChI is InChI=1S/C27H36N2O4/c1-27(2,3)33-26(31)29(4)24-13-11-23(12-14-24)28-17-22-16-21(10-15-25(22)32-5)20-8-6-19(18-30)7-9-20/h6-10,15-16,18,23-24,28H,11-14,17H2,1-5H3. The second kappa shape index (κ2) is 10.8. The van der Waals surface area contributed by atoms with E-state index in [1.807, 2.05) is 64.2 Å². The van der Waals surface area contributed by atoms with Gasteiger partial charge in [-0.05, 0) is 69.7 Å². The second-order valence-corrected chi connectivity index (χ2v) is 9.74. The van der Waals surface area contributed by atoms with Gasteiger partial charge in [-0.1, -0.05) is 30.3 Å². The zero-order valence-corrected chi connectivity index (χ0v) is 20.4. The van der Waals surface area contributed by atoms with Gasteiger partial charge in [0.1, 0.15) is 17.6 Å². The summed E-state index contributed by atoms with van der Waals surface area (Å²) in [4.78, 5) is 25.0. The SMILES string of the molecule is COc1ccc(-c2ccc(C=O)cc2)cc1CNC1CCC(N(C)C(=O)OC(C)(C)C)CC1. The average Bonchev–Trinajstić information content (AvgIpc) is 2.81. The summed E-state index contributed by atoms with van der Waals surface area (Å²) >= 11 is 0. The smallest absolute Gasteiger partial charge is 0.410 e. The average molecular weight is 453 g/mol. The predicted octanol–water partition coefficient (Wildman–Crippen LogP) is 5.44. The van der Waals surface area contributed by atoms with E-state index >= 15 is 0 Å². The Morgan fingerprint density at radius 2 is 1.70 bits per heavy atom. The molecule has 2 aromatic carbocycles. The molecule has 2 aromatic rings. The molecule has 0 atom stereocenters. The summed E-state index contributed by atoms with van der Waals surface area (Å²) < 4.78 is 11.1. The number of methoxy groups -OCH3 is 1. The lowest BCUT2D eigenvalue weighted by Gasteiger charge is -2.36. The molecule has 1 aliphatic rings. The van der Waals surface area contributed by atoms with Crippen LogP contribution < -0.4 is 10.1 Å². The van der Waals surface area contributed by atoms with Crippen molar-refractivity contribution in [3.05, 3.63) is 53.6 Å². The van der Waals surface area contributed by atoms with Crippen LogP contribution in [0.25, 0.3) is 11.1 Å². The summed E-state index contributed by atoms with van der Waals surface area (Å²) in [5, 5.41) is 3.68. The van der Waals surface area contributed by atoms with Crippen LogP contribution in [0.5, 0.6) is 5.75 Å². The van der Waals surface area contributed by atoms with Gasteiger partial charge in [0.05, 0.1) is 7.11 Å². The Labute approximate surface area is 197 Å². The Morgan fingerprint density at radius 1 is 1.06 bits per heavy atom. The van der Waals surface area contributed by atoms with Crippen LogP contribution in [0.4, 0.5) is 4.79 Å². The molecule has 0 bridgehead atoms. The summed E-state index contributed by atoms with van der Waals surface area (Å²) in [6.07, 6.45) is 4.52. The predicted molar refractivity (Wildman–Crippen MR) is 131 cm³/mol. The van der Waals surface area contributed by atoms with Gasteiger partial charge in [0.2, 0.25) is 0 Å². The van der Waals surface area contributed by atoms with Crippen LogP contribution in [0, 0.1) is 0 Å². The fourth-order valence-corrected chi connectivity index (χ4v) is 4.25. The van der Waals surface area contributed by atoms with Crippen molar-refractivity contribution in [1.82, 2.24) is 10.2 Å². The van der Waals surface area contributed by atoms with Gasteiger partial charge in [-0.2, -0.15) is 0 Å². The minimum atomic E-state index is -0.478. The molecule has 178 valence electrons. The van der Waals surface area contributed by atoms with Crippen LogP contribution in [0.2, 0.25) is 0 Å². The molecule has 3 rings (SSSR count). The minimum Gasteiger partial charge on any atom is -0.496 e. The van der Waals surface area contributed by atoms with E-state index in [2.05, 4.69) is 11.4 Å². The largest absolute Gasteiger partial charge is 0.496 e.